The van der Waals surface area contributed by atoms with Gasteiger partial charge >= 0.3 is 12.1 Å². The number of aromatic nitrogens is 1. The molecule has 1 aromatic heterocycles. The number of hydrogen-bond donors (Lipinski definition) is 1. The highest BCUT2D eigenvalue weighted by Gasteiger charge is 2.42. The number of aliphatic carboxylic acids is 1. The second kappa shape index (κ2) is 6.44. The number of carboxylic acids is 1. The zero-order chi connectivity index (χ0) is 17.2. The summed E-state index contributed by atoms with van der Waals surface area (Å²) in [5.41, 5.74) is 0.173. The lowest BCUT2D eigenvalue weighted by molar-refractivity contribution is -0.142. The highest BCUT2D eigenvalue weighted by atomic mass is 16.6. The summed E-state index contributed by atoms with van der Waals surface area (Å²) in [5.74, 6) is -0.618. The van der Waals surface area contributed by atoms with Gasteiger partial charge < -0.3 is 14.6 Å². The molecular formula is C16H22N2O5. The lowest BCUT2D eigenvalue weighted by Crippen LogP contribution is -2.43. The monoisotopic (exact) mass is 322 g/mol. The molecule has 1 amide bonds. The summed E-state index contributed by atoms with van der Waals surface area (Å²) >= 11 is 0. The van der Waals surface area contributed by atoms with E-state index in [1.54, 1.807) is 33.0 Å². The third-order valence-corrected chi connectivity index (χ3v) is 3.42. The van der Waals surface area contributed by atoms with Crippen LogP contribution in [0.1, 0.15) is 32.8 Å². The summed E-state index contributed by atoms with van der Waals surface area (Å²) in [4.78, 5) is 29.0. The molecule has 2 heterocycles. The summed E-state index contributed by atoms with van der Waals surface area (Å²) in [6, 6.07) is 2.69. The van der Waals surface area contributed by atoms with E-state index in [4.69, 9.17) is 9.47 Å². The van der Waals surface area contributed by atoms with Crippen LogP contribution in [-0.4, -0.2) is 51.3 Å². The van der Waals surface area contributed by atoms with Crippen LogP contribution in [0.4, 0.5) is 4.79 Å². The Morgan fingerprint density at radius 3 is 2.65 bits per heavy atom. The lowest BCUT2D eigenvalue weighted by atomic mass is 10.2. The van der Waals surface area contributed by atoms with Crippen molar-refractivity contribution in [1.29, 1.82) is 0 Å². The van der Waals surface area contributed by atoms with Gasteiger partial charge in [0.05, 0.1) is 6.54 Å². The van der Waals surface area contributed by atoms with Gasteiger partial charge in [0.2, 0.25) is 5.88 Å². The molecule has 1 aromatic rings. The molecule has 1 N–H and O–H groups in total. The minimum Gasteiger partial charge on any atom is -0.480 e. The van der Waals surface area contributed by atoms with Crippen LogP contribution in [-0.2, 0) is 9.53 Å². The number of nitrogens with zero attached hydrogens (tertiary/aromatic N) is 2. The topological polar surface area (TPSA) is 89.0 Å². The number of carboxylic acid groups (broad SMARTS) is 1. The Balaban J connectivity index is 2.10. The van der Waals surface area contributed by atoms with E-state index in [0.29, 0.717) is 5.88 Å². The molecule has 0 saturated carbocycles. The SMILES string of the molecule is Cc1cccnc1O[C@@H]1C[C@@H](C(=O)O)N(C(=O)OC(C)(C)C)C1. The molecule has 0 bridgehead atoms. The maximum Gasteiger partial charge on any atom is 0.411 e. The number of rotatable bonds is 3. The van der Waals surface area contributed by atoms with Gasteiger partial charge in [-0.3, -0.25) is 4.90 Å². The Hall–Kier alpha value is -2.31. The molecule has 0 aliphatic carbocycles. The normalized spacial score (nSPS) is 21.1. The maximum atomic E-state index is 12.2. The van der Waals surface area contributed by atoms with Gasteiger partial charge in [0.15, 0.2) is 0 Å². The van der Waals surface area contributed by atoms with Crippen LogP contribution in [0.15, 0.2) is 18.3 Å². The van der Waals surface area contributed by atoms with E-state index >= 15 is 0 Å². The number of likely N-dealkylation sites (tertiary alicyclic amines) is 1. The maximum absolute atomic E-state index is 12.2. The predicted molar refractivity (Wildman–Crippen MR) is 82.4 cm³/mol. The first-order valence-corrected chi connectivity index (χ1v) is 7.48. The van der Waals surface area contributed by atoms with Gasteiger partial charge in [0, 0.05) is 18.2 Å². The number of carbonyl (C=O) groups excluding carboxylic acids is 1. The summed E-state index contributed by atoms with van der Waals surface area (Å²) in [5, 5.41) is 9.35. The van der Waals surface area contributed by atoms with Gasteiger partial charge in [-0.2, -0.15) is 0 Å². The molecule has 1 saturated heterocycles. The van der Waals surface area contributed by atoms with E-state index in [1.165, 1.54) is 4.90 Å². The summed E-state index contributed by atoms with van der Waals surface area (Å²) in [7, 11) is 0. The van der Waals surface area contributed by atoms with Gasteiger partial charge in [-0.25, -0.2) is 14.6 Å². The molecule has 0 spiro atoms. The average molecular weight is 322 g/mol. The van der Waals surface area contributed by atoms with Crippen LogP contribution in [0.25, 0.3) is 0 Å². The first kappa shape index (κ1) is 17.1. The predicted octanol–water partition coefficient (Wildman–Crippen LogP) is 2.23. The van der Waals surface area contributed by atoms with E-state index < -0.39 is 29.8 Å². The van der Waals surface area contributed by atoms with Crippen LogP contribution in [0.5, 0.6) is 5.88 Å². The molecular weight excluding hydrogens is 300 g/mol. The Bertz CT molecular complexity index is 596. The highest BCUT2D eigenvalue weighted by molar-refractivity contribution is 5.81. The van der Waals surface area contributed by atoms with Crippen molar-refractivity contribution in [3.8, 4) is 5.88 Å². The second-order valence-corrected chi connectivity index (χ2v) is 6.59. The zero-order valence-corrected chi connectivity index (χ0v) is 13.8. The fourth-order valence-electron chi connectivity index (χ4n) is 2.39. The number of amides is 1. The van der Waals surface area contributed by atoms with Crippen molar-refractivity contribution >= 4 is 12.1 Å². The van der Waals surface area contributed by atoms with Crippen molar-refractivity contribution in [2.24, 2.45) is 0 Å². The van der Waals surface area contributed by atoms with Crippen molar-refractivity contribution in [3.63, 3.8) is 0 Å². The molecule has 1 aliphatic rings. The highest BCUT2D eigenvalue weighted by Crippen LogP contribution is 2.25. The standard InChI is InChI=1S/C16H22N2O5/c1-10-6-5-7-17-13(10)22-11-8-12(14(19)20)18(9-11)15(21)23-16(2,3)4/h5-7,11-12H,8-9H2,1-4H3,(H,19,20)/t11-,12+/m1/s1. The zero-order valence-electron chi connectivity index (χ0n) is 13.8. The first-order chi connectivity index (χ1) is 10.7. The van der Waals surface area contributed by atoms with Crippen molar-refractivity contribution in [1.82, 2.24) is 9.88 Å². The largest absolute Gasteiger partial charge is 0.480 e. The number of aryl methyl sites for hydroxylation is 1. The Morgan fingerprint density at radius 1 is 1.39 bits per heavy atom. The van der Waals surface area contributed by atoms with Crippen molar-refractivity contribution in [2.45, 2.75) is 51.9 Å². The van der Waals surface area contributed by atoms with Crippen molar-refractivity contribution < 1.29 is 24.2 Å². The third kappa shape index (κ3) is 4.34. The second-order valence-electron chi connectivity index (χ2n) is 6.59. The van der Waals surface area contributed by atoms with Crippen LogP contribution >= 0.6 is 0 Å². The number of ether oxygens (including phenoxy) is 2. The minimum absolute atomic E-state index is 0.155. The van der Waals surface area contributed by atoms with Crippen LogP contribution in [0, 0.1) is 6.92 Å². The summed E-state index contributed by atoms with van der Waals surface area (Å²) in [6.45, 7) is 7.23. The minimum atomic E-state index is -1.07. The lowest BCUT2D eigenvalue weighted by Gasteiger charge is -2.26. The molecule has 2 rings (SSSR count). The molecule has 0 aromatic carbocycles. The van der Waals surface area contributed by atoms with Crippen molar-refractivity contribution in [2.75, 3.05) is 6.54 Å². The molecule has 1 aliphatic heterocycles. The molecule has 0 radical (unpaired) electrons. The van der Waals surface area contributed by atoms with Gasteiger partial charge in [0.1, 0.15) is 17.7 Å². The summed E-state index contributed by atoms with van der Waals surface area (Å²) in [6.07, 6.45) is 0.730. The van der Waals surface area contributed by atoms with Crippen LogP contribution in [0.2, 0.25) is 0 Å². The van der Waals surface area contributed by atoms with E-state index in [1.807, 2.05) is 13.0 Å². The summed E-state index contributed by atoms with van der Waals surface area (Å²) < 4.78 is 11.0. The first-order valence-electron chi connectivity index (χ1n) is 7.48. The Kier molecular flexibility index (Phi) is 4.77. The quantitative estimate of drug-likeness (QED) is 0.918. The number of hydrogen-bond acceptors (Lipinski definition) is 5. The van der Waals surface area contributed by atoms with Gasteiger partial charge in [-0.05, 0) is 33.8 Å². The van der Waals surface area contributed by atoms with Crippen LogP contribution < -0.4 is 4.74 Å². The third-order valence-electron chi connectivity index (χ3n) is 3.42. The van der Waals surface area contributed by atoms with E-state index in [9.17, 15) is 14.7 Å². The smallest absolute Gasteiger partial charge is 0.411 e. The average Bonchev–Trinajstić information content (AvgIpc) is 2.84. The fourth-order valence-corrected chi connectivity index (χ4v) is 2.39. The Morgan fingerprint density at radius 2 is 2.09 bits per heavy atom. The number of pyridine rings is 1. The van der Waals surface area contributed by atoms with Gasteiger partial charge in [0.25, 0.3) is 0 Å². The molecule has 1 fully saturated rings. The molecule has 7 heteroatoms. The van der Waals surface area contributed by atoms with Crippen molar-refractivity contribution in [3.05, 3.63) is 23.9 Å². The molecule has 2 atom stereocenters. The van der Waals surface area contributed by atoms with Gasteiger partial charge in [-0.1, -0.05) is 6.07 Å². The fraction of sp³-hybridized carbons (Fsp3) is 0.562. The molecule has 7 nitrogen and oxygen atoms in total. The van der Waals surface area contributed by atoms with Crippen LogP contribution in [0.3, 0.4) is 0 Å². The molecule has 0 unspecified atom stereocenters. The Labute approximate surface area is 135 Å². The van der Waals surface area contributed by atoms with E-state index in [0.717, 1.165) is 5.56 Å². The van der Waals surface area contributed by atoms with E-state index in [2.05, 4.69) is 4.98 Å². The molecule has 126 valence electrons. The van der Waals surface area contributed by atoms with Gasteiger partial charge in [-0.15, -0.1) is 0 Å². The number of carbonyl (C=O) groups is 2. The van der Waals surface area contributed by atoms with E-state index in [-0.39, 0.29) is 13.0 Å². The molecule has 23 heavy (non-hydrogen) atoms.